The van der Waals surface area contributed by atoms with Crippen LogP contribution in [0.15, 0.2) is 12.4 Å². The van der Waals surface area contributed by atoms with Crippen LogP contribution in [0.5, 0.6) is 0 Å². The Kier molecular flexibility index (Phi) is 4.72. The molecule has 0 aliphatic heterocycles. The van der Waals surface area contributed by atoms with Crippen LogP contribution in [0.25, 0.3) is 0 Å². The Labute approximate surface area is 102 Å². The van der Waals surface area contributed by atoms with Gasteiger partial charge in [0.2, 0.25) is 0 Å². The minimum Gasteiger partial charge on any atom is -0.348 e. The van der Waals surface area contributed by atoms with Gasteiger partial charge in [-0.1, -0.05) is 19.8 Å². The van der Waals surface area contributed by atoms with Crippen LogP contribution in [-0.2, 0) is 6.54 Å². The van der Waals surface area contributed by atoms with Gasteiger partial charge in [-0.25, -0.2) is 4.98 Å². The fourth-order valence-corrected chi connectivity index (χ4v) is 3.59. The van der Waals surface area contributed by atoms with Crippen LogP contribution < -0.4 is 5.32 Å². The molecule has 0 unspecified atom stereocenters. The van der Waals surface area contributed by atoms with Gasteiger partial charge in [0.25, 0.3) is 0 Å². The van der Waals surface area contributed by atoms with E-state index in [4.69, 9.17) is 0 Å². The average molecular weight is 239 g/mol. The molecule has 2 atom stereocenters. The van der Waals surface area contributed by atoms with Crippen molar-refractivity contribution in [2.45, 2.75) is 50.4 Å². The molecule has 0 saturated heterocycles. The van der Waals surface area contributed by atoms with Crippen molar-refractivity contribution in [3.63, 3.8) is 0 Å². The number of hydrogen-bond donors (Lipinski definition) is 2. The fraction of sp³-hybridized carbons (Fsp3) is 0.750. The smallest absolute Gasteiger partial charge is 0.120 e. The molecule has 3 nitrogen and oxygen atoms in total. The molecule has 0 spiro atoms. The van der Waals surface area contributed by atoms with Crippen molar-refractivity contribution in [2.24, 2.45) is 0 Å². The summed E-state index contributed by atoms with van der Waals surface area (Å²) < 4.78 is 0. The van der Waals surface area contributed by atoms with E-state index in [9.17, 15) is 0 Å². The van der Waals surface area contributed by atoms with E-state index in [-0.39, 0.29) is 0 Å². The number of nitrogens with zero attached hydrogens (tertiary/aromatic N) is 1. The number of nitrogens with one attached hydrogen (secondary N) is 2. The maximum atomic E-state index is 4.25. The van der Waals surface area contributed by atoms with Gasteiger partial charge in [-0.3, -0.25) is 0 Å². The normalized spacial score (nSPS) is 25.8. The molecule has 1 aromatic heterocycles. The summed E-state index contributed by atoms with van der Waals surface area (Å²) in [7, 11) is 0. The summed E-state index contributed by atoms with van der Waals surface area (Å²) >= 11 is 2.10. The van der Waals surface area contributed by atoms with Gasteiger partial charge in [-0.2, -0.15) is 11.8 Å². The quantitative estimate of drug-likeness (QED) is 0.829. The molecule has 2 rings (SSSR count). The Morgan fingerprint density at radius 2 is 2.38 bits per heavy atom. The molecule has 0 amide bonds. The molecule has 0 aromatic carbocycles. The molecule has 1 saturated carbocycles. The number of aromatic nitrogens is 2. The summed E-state index contributed by atoms with van der Waals surface area (Å²) in [4.78, 5) is 7.39. The molecule has 4 heteroatoms. The van der Waals surface area contributed by atoms with Crippen LogP contribution in [-0.4, -0.2) is 27.0 Å². The predicted octanol–water partition coefficient (Wildman–Crippen LogP) is 2.56. The van der Waals surface area contributed by atoms with Crippen LogP contribution in [0.2, 0.25) is 0 Å². The zero-order chi connectivity index (χ0) is 11.2. The minimum atomic E-state index is 0.670. The topological polar surface area (TPSA) is 40.7 Å². The van der Waals surface area contributed by atoms with Gasteiger partial charge in [0.1, 0.15) is 5.82 Å². The Morgan fingerprint density at radius 3 is 3.12 bits per heavy atom. The molecule has 1 aliphatic rings. The second-order valence-corrected chi connectivity index (χ2v) is 5.82. The van der Waals surface area contributed by atoms with Gasteiger partial charge in [0.05, 0.1) is 6.54 Å². The molecular formula is C12H21N3S. The molecule has 1 heterocycles. The van der Waals surface area contributed by atoms with E-state index < -0.39 is 0 Å². The number of imidazole rings is 1. The Balaban J connectivity index is 1.81. The average Bonchev–Trinajstić information content (AvgIpc) is 2.81. The number of hydrogen-bond acceptors (Lipinski definition) is 3. The number of aromatic amines is 1. The highest BCUT2D eigenvalue weighted by molar-refractivity contribution is 7.99. The van der Waals surface area contributed by atoms with Gasteiger partial charge >= 0.3 is 0 Å². The lowest BCUT2D eigenvalue weighted by atomic mass is 9.95. The first-order chi connectivity index (χ1) is 7.90. The SMILES string of the molecule is CCS[C@H]1CCCC[C@@H]1NCc1ncc[nH]1. The van der Waals surface area contributed by atoms with E-state index in [1.54, 1.807) is 0 Å². The highest BCUT2D eigenvalue weighted by Crippen LogP contribution is 2.28. The number of rotatable bonds is 5. The second kappa shape index (κ2) is 6.30. The first-order valence-electron chi connectivity index (χ1n) is 6.23. The molecule has 2 N–H and O–H groups in total. The van der Waals surface area contributed by atoms with Gasteiger partial charge < -0.3 is 10.3 Å². The molecule has 90 valence electrons. The lowest BCUT2D eigenvalue weighted by molar-refractivity contribution is 0.380. The van der Waals surface area contributed by atoms with Crippen LogP contribution in [0.4, 0.5) is 0 Å². The van der Waals surface area contributed by atoms with E-state index >= 15 is 0 Å². The van der Waals surface area contributed by atoms with Crippen molar-refractivity contribution < 1.29 is 0 Å². The van der Waals surface area contributed by atoms with E-state index in [2.05, 4.69) is 34.0 Å². The third-order valence-electron chi connectivity index (χ3n) is 3.17. The van der Waals surface area contributed by atoms with Crippen LogP contribution in [0.1, 0.15) is 38.4 Å². The zero-order valence-corrected chi connectivity index (χ0v) is 10.7. The maximum absolute atomic E-state index is 4.25. The monoisotopic (exact) mass is 239 g/mol. The third-order valence-corrected chi connectivity index (χ3v) is 4.50. The molecule has 1 aliphatic carbocycles. The van der Waals surface area contributed by atoms with Crippen LogP contribution in [0, 0.1) is 0 Å². The van der Waals surface area contributed by atoms with E-state index in [1.165, 1.54) is 31.4 Å². The van der Waals surface area contributed by atoms with E-state index in [0.29, 0.717) is 6.04 Å². The van der Waals surface area contributed by atoms with Crippen molar-refractivity contribution in [3.8, 4) is 0 Å². The number of thioether (sulfide) groups is 1. The Hall–Kier alpha value is -0.480. The Bertz CT molecular complexity index is 284. The molecule has 16 heavy (non-hydrogen) atoms. The maximum Gasteiger partial charge on any atom is 0.120 e. The largest absolute Gasteiger partial charge is 0.348 e. The first kappa shape index (κ1) is 12.0. The molecular weight excluding hydrogens is 218 g/mol. The molecule has 1 fully saturated rings. The van der Waals surface area contributed by atoms with Crippen molar-refractivity contribution >= 4 is 11.8 Å². The van der Waals surface area contributed by atoms with Crippen LogP contribution >= 0.6 is 11.8 Å². The summed E-state index contributed by atoms with van der Waals surface area (Å²) in [5, 5.41) is 4.44. The van der Waals surface area contributed by atoms with E-state index in [0.717, 1.165) is 17.6 Å². The summed E-state index contributed by atoms with van der Waals surface area (Å²) in [5.41, 5.74) is 0. The Morgan fingerprint density at radius 1 is 1.50 bits per heavy atom. The molecule has 0 bridgehead atoms. The van der Waals surface area contributed by atoms with Crippen LogP contribution in [0.3, 0.4) is 0 Å². The minimum absolute atomic E-state index is 0.670. The summed E-state index contributed by atoms with van der Waals surface area (Å²) in [6, 6.07) is 0.670. The number of H-pyrrole nitrogens is 1. The van der Waals surface area contributed by atoms with Crippen molar-refractivity contribution in [1.82, 2.24) is 15.3 Å². The molecule has 0 radical (unpaired) electrons. The van der Waals surface area contributed by atoms with Crippen molar-refractivity contribution in [1.29, 1.82) is 0 Å². The van der Waals surface area contributed by atoms with Gasteiger partial charge in [0, 0.05) is 23.7 Å². The van der Waals surface area contributed by atoms with Gasteiger partial charge in [-0.15, -0.1) is 0 Å². The fourth-order valence-electron chi connectivity index (χ4n) is 2.37. The van der Waals surface area contributed by atoms with E-state index in [1.807, 2.05) is 12.4 Å². The molecule has 1 aromatic rings. The second-order valence-electron chi connectivity index (χ2n) is 4.30. The van der Waals surface area contributed by atoms with Crippen molar-refractivity contribution in [3.05, 3.63) is 18.2 Å². The predicted molar refractivity (Wildman–Crippen MR) is 69.6 cm³/mol. The standard InChI is InChI=1S/C12H21N3S/c1-2-16-11-6-4-3-5-10(11)15-9-12-13-7-8-14-12/h7-8,10-11,15H,2-6,9H2,1H3,(H,13,14)/t10-,11-/m0/s1. The third kappa shape index (κ3) is 3.25. The summed E-state index contributed by atoms with van der Waals surface area (Å²) in [5.74, 6) is 2.27. The first-order valence-corrected chi connectivity index (χ1v) is 7.28. The summed E-state index contributed by atoms with van der Waals surface area (Å²) in [6.45, 7) is 3.13. The van der Waals surface area contributed by atoms with Gasteiger partial charge in [-0.05, 0) is 18.6 Å². The lowest BCUT2D eigenvalue weighted by Gasteiger charge is -2.31. The summed E-state index contributed by atoms with van der Waals surface area (Å²) in [6.07, 6.45) is 9.16. The van der Waals surface area contributed by atoms with Gasteiger partial charge in [0.15, 0.2) is 0 Å². The van der Waals surface area contributed by atoms with Crippen molar-refractivity contribution in [2.75, 3.05) is 5.75 Å². The highest BCUT2D eigenvalue weighted by atomic mass is 32.2. The zero-order valence-electron chi connectivity index (χ0n) is 9.91. The highest BCUT2D eigenvalue weighted by Gasteiger charge is 2.24. The lowest BCUT2D eigenvalue weighted by Crippen LogP contribution is -2.40.